The minimum atomic E-state index is -0.122. The van der Waals surface area contributed by atoms with Crippen LogP contribution in [0.25, 0.3) is 16.8 Å². The number of thiocarbonyl (C=S) groups is 1. The van der Waals surface area contributed by atoms with Gasteiger partial charge in [-0.05, 0) is 48.0 Å². The van der Waals surface area contributed by atoms with E-state index in [-0.39, 0.29) is 5.91 Å². The minimum absolute atomic E-state index is 0.122. The van der Waals surface area contributed by atoms with Crippen LogP contribution in [-0.2, 0) is 4.79 Å². The second-order valence-corrected chi connectivity index (χ2v) is 8.72. The molecule has 0 N–H and O–H groups in total. The Morgan fingerprint density at radius 1 is 1.14 bits per heavy atom. The van der Waals surface area contributed by atoms with Gasteiger partial charge in [-0.25, -0.2) is 0 Å². The summed E-state index contributed by atoms with van der Waals surface area (Å²) in [5, 5.41) is 2.14. The Balaban J connectivity index is 1.80. The zero-order valence-electron chi connectivity index (χ0n) is 15.0. The van der Waals surface area contributed by atoms with Crippen LogP contribution in [0.3, 0.4) is 0 Å². The molecule has 6 heteroatoms. The molecule has 1 amide bonds. The van der Waals surface area contributed by atoms with Crippen LogP contribution in [0.1, 0.15) is 12.5 Å². The summed E-state index contributed by atoms with van der Waals surface area (Å²) >= 11 is 10.3. The summed E-state index contributed by atoms with van der Waals surface area (Å²) in [7, 11) is 0. The molecule has 0 atom stereocenters. The van der Waals surface area contributed by atoms with Crippen LogP contribution in [0.2, 0.25) is 0 Å². The number of hydrogen-bond donors (Lipinski definition) is 0. The van der Waals surface area contributed by atoms with Crippen LogP contribution in [-0.4, -0.2) is 16.8 Å². The minimum Gasteiger partial charge on any atom is -0.493 e. The van der Waals surface area contributed by atoms with Crippen LogP contribution in [0.15, 0.2) is 70.0 Å². The van der Waals surface area contributed by atoms with E-state index < -0.39 is 0 Å². The van der Waals surface area contributed by atoms with E-state index in [1.807, 2.05) is 67.6 Å². The fourth-order valence-corrected chi connectivity index (χ4v) is 4.81. The molecule has 0 radical (unpaired) electrons. The molecule has 3 nitrogen and oxygen atoms in total. The fraction of sp³-hybridized carbons (Fsp3) is 0.0909. The number of benzene rings is 3. The average Bonchev–Trinajstić information content (AvgIpc) is 2.97. The topological polar surface area (TPSA) is 29.5 Å². The zero-order valence-corrected chi connectivity index (χ0v) is 18.2. The second kappa shape index (κ2) is 8.07. The maximum atomic E-state index is 13.1. The van der Waals surface area contributed by atoms with Crippen molar-refractivity contribution < 1.29 is 9.53 Å². The van der Waals surface area contributed by atoms with E-state index in [4.69, 9.17) is 17.0 Å². The summed E-state index contributed by atoms with van der Waals surface area (Å²) in [6.07, 6.45) is 1.89. The molecular formula is C22H16BrNO2S2. The normalized spacial score (nSPS) is 15.6. The van der Waals surface area contributed by atoms with Gasteiger partial charge in [-0.1, -0.05) is 76.3 Å². The molecule has 140 valence electrons. The van der Waals surface area contributed by atoms with Crippen molar-refractivity contribution in [1.29, 1.82) is 0 Å². The molecule has 1 heterocycles. The van der Waals surface area contributed by atoms with Crippen molar-refractivity contribution in [1.82, 2.24) is 0 Å². The number of amides is 1. The molecule has 0 unspecified atom stereocenters. The third kappa shape index (κ3) is 3.60. The van der Waals surface area contributed by atoms with Crippen molar-refractivity contribution in [2.45, 2.75) is 6.92 Å². The van der Waals surface area contributed by atoms with Gasteiger partial charge in [0.15, 0.2) is 4.32 Å². The largest absolute Gasteiger partial charge is 0.493 e. The van der Waals surface area contributed by atoms with Gasteiger partial charge >= 0.3 is 0 Å². The Labute approximate surface area is 181 Å². The Morgan fingerprint density at radius 3 is 2.75 bits per heavy atom. The van der Waals surface area contributed by atoms with E-state index in [9.17, 15) is 4.79 Å². The highest BCUT2D eigenvalue weighted by atomic mass is 79.9. The van der Waals surface area contributed by atoms with Crippen LogP contribution >= 0.6 is 39.9 Å². The van der Waals surface area contributed by atoms with E-state index in [1.54, 1.807) is 4.90 Å². The maximum absolute atomic E-state index is 13.1. The van der Waals surface area contributed by atoms with E-state index in [0.717, 1.165) is 32.2 Å². The van der Waals surface area contributed by atoms with Crippen molar-refractivity contribution >= 4 is 72.7 Å². The van der Waals surface area contributed by atoms with Gasteiger partial charge in [0.1, 0.15) is 5.75 Å². The van der Waals surface area contributed by atoms with Crippen LogP contribution in [0.4, 0.5) is 5.69 Å². The summed E-state index contributed by atoms with van der Waals surface area (Å²) in [4.78, 5) is 15.3. The van der Waals surface area contributed by atoms with Gasteiger partial charge in [0.25, 0.3) is 5.91 Å². The first-order valence-corrected chi connectivity index (χ1v) is 10.8. The summed E-state index contributed by atoms with van der Waals surface area (Å²) in [5.74, 6) is 0.636. The van der Waals surface area contributed by atoms with Crippen LogP contribution in [0, 0.1) is 0 Å². The van der Waals surface area contributed by atoms with Crippen LogP contribution < -0.4 is 9.64 Å². The highest BCUT2D eigenvalue weighted by Crippen LogP contribution is 2.39. The molecule has 3 aromatic rings. The monoisotopic (exact) mass is 469 g/mol. The number of anilines is 1. The fourth-order valence-electron chi connectivity index (χ4n) is 3.14. The molecule has 1 saturated heterocycles. The molecule has 0 aliphatic carbocycles. The summed E-state index contributed by atoms with van der Waals surface area (Å²) in [5.41, 5.74) is 1.65. The van der Waals surface area contributed by atoms with Gasteiger partial charge in [-0.15, -0.1) is 0 Å². The Morgan fingerprint density at radius 2 is 1.96 bits per heavy atom. The van der Waals surface area contributed by atoms with Gasteiger partial charge in [-0.2, -0.15) is 0 Å². The Hall–Kier alpha value is -2.15. The maximum Gasteiger partial charge on any atom is 0.270 e. The molecule has 1 fully saturated rings. The lowest BCUT2D eigenvalue weighted by Gasteiger charge is -2.14. The standard InChI is InChI=1S/C22H16BrNO2S2/c1-2-26-19-11-10-14-6-3-4-9-17(14)18(19)13-20-21(25)24(22(27)28-20)16-8-5-7-15(23)12-16/h3-13H,2H2,1H3/b20-13+. The number of ether oxygens (including phenoxy) is 1. The third-order valence-electron chi connectivity index (χ3n) is 4.37. The number of fused-ring (bicyclic) bond motifs is 1. The van der Waals surface area contributed by atoms with Crippen molar-refractivity contribution in [2.75, 3.05) is 11.5 Å². The molecule has 4 rings (SSSR count). The molecular weight excluding hydrogens is 454 g/mol. The van der Waals surface area contributed by atoms with E-state index >= 15 is 0 Å². The molecule has 0 spiro atoms. The first-order valence-electron chi connectivity index (χ1n) is 8.76. The SMILES string of the molecule is CCOc1ccc2ccccc2c1/C=C1/SC(=S)N(c2cccc(Br)c2)C1=O. The predicted molar refractivity (Wildman–Crippen MR) is 125 cm³/mol. The lowest BCUT2D eigenvalue weighted by atomic mass is 10.0. The average molecular weight is 470 g/mol. The van der Waals surface area contributed by atoms with Gasteiger partial charge in [0, 0.05) is 10.0 Å². The lowest BCUT2D eigenvalue weighted by Crippen LogP contribution is -2.27. The highest BCUT2D eigenvalue weighted by molar-refractivity contribution is 9.10. The number of halogens is 1. The highest BCUT2D eigenvalue weighted by Gasteiger charge is 2.33. The van der Waals surface area contributed by atoms with Crippen molar-refractivity contribution in [3.63, 3.8) is 0 Å². The Bertz CT molecular complexity index is 1130. The Kier molecular flexibility index (Phi) is 5.53. The summed E-state index contributed by atoms with van der Waals surface area (Å²) < 4.78 is 7.25. The predicted octanol–water partition coefficient (Wildman–Crippen LogP) is 6.41. The number of hydrogen-bond acceptors (Lipinski definition) is 4. The molecule has 1 aliphatic heterocycles. The summed E-state index contributed by atoms with van der Waals surface area (Å²) in [6.45, 7) is 2.50. The van der Waals surface area contributed by atoms with Crippen molar-refractivity contribution in [2.24, 2.45) is 0 Å². The van der Waals surface area contributed by atoms with E-state index in [0.29, 0.717) is 15.8 Å². The van der Waals surface area contributed by atoms with Crippen LogP contribution in [0.5, 0.6) is 5.75 Å². The molecule has 3 aromatic carbocycles. The first kappa shape index (κ1) is 19.2. The van der Waals surface area contributed by atoms with Crippen molar-refractivity contribution in [3.05, 3.63) is 75.6 Å². The number of carbonyl (C=O) groups is 1. The van der Waals surface area contributed by atoms with E-state index in [1.165, 1.54) is 11.8 Å². The zero-order chi connectivity index (χ0) is 19.7. The lowest BCUT2D eigenvalue weighted by molar-refractivity contribution is -0.113. The van der Waals surface area contributed by atoms with E-state index in [2.05, 4.69) is 22.0 Å². The number of carbonyl (C=O) groups excluding carboxylic acids is 1. The second-order valence-electron chi connectivity index (χ2n) is 6.13. The third-order valence-corrected chi connectivity index (χ3v) is 6.16. The number of rotatable bonds is 4. The quantitative estimate of drug-likeness (QED) is 0.326. The van der Waals surface area contributed by atoms with Gasteiger partial charge in [-0.3, -0.25) is 9.69 Å². The number of nitrogens with zero attached hydrogens (tertiary/aromatic N) is 1. The van der Waals surface area contributed by atoms with Gasteiger partial charge in [0.2, 0.25) is 0 Å². The van der Waals surface area contributed by atoms with Crippen molar-refractivity contribution in [3.8, 4) is 5.75 Å². The molecule has 0 bridgehead atoms. The van der Waals surface area contributed by atoms with Gasteiger partial charge < -0.3 is 4.74 Å². The first-order chi connectivity index (χ1) is 13.6. The molecule has 28 heavy (non-hydrogen) atoms. The summed E-state index contributed by atoms with van der Waals surface area (Å²) in [6, 6.07) is 19.6. The smallest absolute Gasteiger partial charge is 0.270 e. The molecule has 1 aliphatic rings. The number of thioether (sulfide) groups is 1. The van der Waals surface area contributed by atoms with Gasteiger partial charge in [0.05, 0.1) is 17.2 Å². The molecule has 0 aromatic heterocycles. The molecule has 0 saturated carbocycles.